The Balaban J connectivity index is -0.000000307. The lowest BCUT2D eigenvalue weighted by Gasteiger charge is -2.35. The normalized spacial score (nSPS) is 11.8. The van der Waals surface area contributed by atoms with E-state index in [9.17, 15) is 14.4 Å². The van der Waals surface area contributed by atoms with Crippen molar-refractivity contribution in [2.75, 3.05) is 40.3 Å². The van der Waals surface area contributed by atoms with Crippen LogP contribution >= 0.6 is 0 Å². The number of rotatable bonds is 20. The van der Waals surface area contributed by atoms with Crippen molar-refractivity contribution in [3.63, 3.8) is 0 Å². The third-order valence-electron chi connectivity index (χ3n) is 7.20. The van der Waals surface area contributed by atoms with Crippen LogP contribution in [0.5, 0.6) is 0 Å². The number of amides is 3. The molecule has 7 heteroatoms. The van der Waals surface area contributed by atoms with Gasteiger partial charge in [-0.1, -0.05) is 155 Å². The molecule has 3 amide bonds. The molecule has 0 saturated heterocycles. The molecule has 50 heavy (non-hydrogen) atoms. The Labute approximate surface area is 314 Å². The van der Waals surface area contributed by atoms with Gasteiger partial charge >= 0.3 is 0 Å². The van der Waals surface area contributed by atoms with Gasteiger partial charge in [0.2, 0.25) is 18.2 Å². The summed E-state index contributed by atoms with van der Waals surface area (Å²) in [6, 6.07) is -0.362. The molecule has 0 rings (SSSR count). The van der Waals surface area contributed by atoms with E-state index in [1.54, 1.807) is 16.8 Å². The zero-order valence-electron chi connectivity index (χ0n) is 37.1. The molecule has 7 nitrogen and oxygen atoms in total. The zero-order chi connectivity index (χ0) is 40.3. The fraction of sp³-hybridized carbons (Fsp3) is 0.837. The topological polar surface area (TPSA) is 73.0 Å². The second kappa shape index (κ2) is 37.9. The SMILES string of the molecule is C=C(CC(C)CCCCC)NC(C(=O)N(C)C/C=C(\C)C(=O)N(CC)CCC)C(C)(C)C.CC.CC(C)C.CCC.CCCCCN(C)C=O. The van der Waals surface area contributed by atoms with Gasteiger partial charge < -0.3 is 20.0 Å². The van der Waals surface area contributed by atoms with Gasteiger partial charge in [0.15, 0.2) is 0 Å². The Morgan fingerprint density at radius 3 is 1.70 bits per heavy atom. The van der Waals surface area contributed by atoms with E-state index < -0.39 is 0 Å². The maximum absolute atomic E-state index is 13.3. The number of nitrogens with zero attached hydrogens (tertiary/aromatic N) is 3. The highest BCUT2D eigenvalue weighted by molar-refractivity contribution is 5.93. The summed E-state index contributed by atoms with van der Waals surface area (Å²) >= 11 is 0. The monoisotopic (exact) mass is 711 g/mol. The van der Waals surface area contributed by atoms with Crippen LogP contribution in [-0.4, -0.2) is 79.2 Å². The second-order valence-electron chi connectivity index (χ2n) is 15.1. The minimum absolute atomic E-state index is 0.0229. The lowest BCUT2D eigenvalue weighted by atomic mass is 9.85. The number of allylic oxidation sites excluding steroid dienone is 1. The number of carbonyl (C=O) groups is 3. The molecule has 0 aromatic carbocycles. The van der Waals surface area contributed by atoms with E-state index in [4.69, 9.17) is 0 Å². The molecule has 0 aliphatic heterocycles. The van der Waals surface area contributed by atoms with Crippen LogP contribution in [0.4, 0.5) is 0 Å². The molecule has 0 aromatic heterocycles. The summed E-state index contributed by atoms with van der Waals surface area (Å²) < 4.78 is 0. The van der Waals surface area contributed by atoms with Crippen LogP contribution in [0.2, 0.25) is 0 Å². The highest BCUT2D eigenvalue weighted by Gasteiger charge is 2.33. The summed E-state index contributed by atoms with van der Waals surface area (Å²) in [7, 11) is 3.61. The number of hydrogen-bond donors (Lipinski definition) is 1. The van der Waals surface area contributed by atoms with Crippen LogP contribution < -0.4 is 5.32 Å². The van der Waals surface area contributed by atoms with E-state index in [2.05, 4.69) is 95.0 Å². The number of hydrogen-bond acceptors (Lipinski definition) is 4. The van der Waals surface area contributed by atoms with Gasteiger partial charge in [-0.2, -0.15) is 0 Å². The average Bonchev–Trinajstić information content (AvgIpc) is 3.05. The van der Waals surface area contributed by atoms with Crippen LogP contribution in [-0.2, 0) is 14.4 Å². The highest BCUT2D eigenvalue weighted by atomic mass is 16.2. The summed E-state index contributed by atoms with van der Waals surface area (Å²) in [5.74, 6) is 1.46. The molecule has 0 bridgehead atoms. The molecule has 0 fully saturated rings. The summed E-state index contributed by atoms with van der Waals surface area (Å²) in [5.41, 5.74) is 1.36. The quantitative estimate of drug-likeness (QED) is 0.0775. The van der Waals surface area contributed by atoms with Crippen molar-refractivity contribution in [2.24, 2.45) is 17.3 Å². The van der Waals surface area contributed by atoms with Gasteiger partial charge in [-0.25, -0.2) is 0 Å². The fourth-order valence-electron chi connectivity index (χ4n) is 4.44. The van der Waals surface area contributed by atoms with E-state index in [1.807, 2.05) is 45.7 Å². The van der Waals surface area contributed by atoms with E-state index in [0.717, 1.165) is 50.4 Å². The molecule has 2 unspecified atom stereocenters. The lowest BCUT2D eigenvalue weighted by molar-refractivity contribution is -0.134. The molecular weight excluding hydrogens is 620 g/mol. The van der Waals surface area contributed by atoms with Gasteiger partial charge in [-0.3, -0.25) is 14.4 Å². The zero-order valence-corrected chi connectivity index (χ0v) is 37.1. The molecule has 0 aromatic rings. The van der Waals surface area contributed by atoms with Crippen molar-refractivity contribution in [3.8, 4) is 0 Å². The van der Waals surface area contributed by atoms with Gasteiger partial charge in [0, 0.05) is 51.5 Å². The van der Waals surface area contributed by atoms with Crippen LogP contribution in [0, 0.1) is 17.3 Å². The van der Waals surface area contributed by atoms with Gasteiger partial charge in [0.1, 0.15) is 6.04 Å². The molecule has 1 N–H and O–H groups in total. The van der Waals surface area contributed by atoms with Gasteiger partial charge in [0.05, 0.1) is 0 Å². The Morgan fingerprint density at radius 1 is 0.820 bits per heavy atom. The Hall–Kier alpha value is -2.31. The first kappa shape index (κ1) is 57.0. The predicted octanol–water partition coefficient (Wildman–Crippen LogP) is 11.1. The Bertz CT molecular complexity index is 830. The van der Waals surface area contributed by atoms with Crippen LogP contribution in [0.15, 0.2) is 23.9 Å². The van der Waals surface area contributed by atoms with E-state index in [-0.39, 0.29) is 23.3 Å². The van der Waals surface area contributed by atoms with Crippen molar-refractivity contribution < 1.29 is 14.4 Å². The van der Waals surface area contributed by atoms with E-state index in [0.29, 0.717) is 24.6 Å². The number of unbranched alkanes of at least 4 members (excludes halogenated alkanes) is 4. The fourth-order valence-corrected chi connectivity index (χ4v) is 4.44. The van der Waals surface area contributed by atoms with Crippen molar-refractivity contribution in [1.82, 2.24) is 20.0 Å². The third-order valence-corrected chi connectivity index (χ3v) is 7.20. The maximum atomic E-state index is 13.3. The van der Waals surface area contributed by atoms with Gasteiger partial charge in [-0.05, 0) is 50.4 Å². The molecule has 300 valence electrons. The molecule has 0 aliphatic rings. The van der Waals surface area contributed by atoms with E-state index in [1.165, 1.54) is 44.9 Å². The number of likely N-dealkylation sites (N-methyl/N-ethyl adjacent to an activating group) is 2. The Kier molecular flexibility index (Phi) is 43.3. The summed E-state index contributed by atoms with van der Waals surface area (Å²) in [5, 5.41) is 3.43. The van der Waals surface area contributed by atoms with Gasteiger partial charge in [0.25, 0.3) is 0 Å². The van der Waals surface area contributed by atoms with Crippen molar-refractivity contribution >= 4 is 18.2 Å². The summed E-state index contributed by atoms with van der Waals surface area (Å²) in [6.45, 7) is 40.5. The lowest BCUT2D eigenvalue weighted by Crippen LogP contribution is -2.51. The minimum atomic E-state index is -0.362. The standard InChI is InChI=1S/C27H51N3O2.C7H15NO.C4H10.C3H8.C2H6/c1-11-14-15-16-21(4)20-23(6)28-24(27(7,8)9)26(32)29(10)19-17-22(5)25(31)30(13-3)18-12-2;1-3-4-5-6-8(2)7-9;1-4(2)3;1-3-2;1-2/h17,21,24,28H,6,11-16,18-20H2,1-5,7-10H3;7H,3-6H2,1-2H3;4H,1-3H3;3H2,1-2H3;1-2H3/b22-17+;;;;. The molecule has 0 spiro atoms. The van der Waals surface area contributed by atoms with Crippen molar-refractivity contribution in [3.05, 3.63) is 23.9 Å². The van der Waals surface area contributed by atoms with Crippen LogP contribution in [0.1, 0.15) is 175 Å². The van der Waals surface area contributed by atoms with Crippen LogP contribution in [0.3, 0.4) is 0 Å². The van der Waals surface area contributed by atoms with Crippen molar-refractivity contribution in [2.45, 2.75) is 181 Å². The second-order valence-corrected chi connectivity index (χ2v) is 15.1. The molecule has 0 saturated carbocycles. The molecule has 0 aliphatic carbocycles. The smallest absolute Gasteiger partial charge is 0.249 e. The first-order valence-electron chi connectivity index (χ1n) is 20.1. The molecule has 0 radical (unpaired) electrons. The summed E-state index contributed by atoms with van der Waals surface area (Å²) in [6.07, 6.45) is 14.3. The number of nitrogens with one attached hydrogen (secondary N) is 1. The first-order chi connectivity index (χ1) is 23.3. The van der Waals surface area contributed by atoms with Gasteiger partial charge in [-0.15, -0.1) is 0 Å². The largest absolute Gasteiger partial charge is 0.377 e. The summed E-state index contributed by atoms with van der Waals surface area (Å²) in [4.78, 5) is 41.2. The van der Waals surface area contributed by atoms with E-state index >= 15 is 0 Å². The Morgan fingerprint density at radius 2 is 1.30 bits per heavy atom. The highest BCUT2D eigenvalue weighted by Crippen LogP contribution is 2.24. The maximum Gasteiger partial charge on any atom is 0.249 e. The van der Waals surface area contributed by atoms with Crippen molar-refractivity contribution in [1.29, 1.82) is 0 Å². The molecule has 0 heterocycles. The number of carbonyl (C=O) groups excluding carboxylic acids is 3. The molecule has 2 atom stereocenters. The minimum Gasteiger partial charge on any atom is -0.377 e. The van der Waals surface area contributed by atoms with Crippen LogP contribution in [0.25, 0.3) is 0 Å². The predicted molar refractivity (Wildman–Crippen MR) is 223 cm³/mol. The first-order valence-corrected chi connectivity index (χ1v) is 20.1. The third kappa shape index (κ3) is 37.0. The molecular formula is C43H90N4O3. The average molecular weight is 711 g/mol.